The molecular weight excluding hydrogens is 242 g/mol. The van der Waals surface area contributed by atoms with E-state index in [1.807, 2.05) is 24.3 Å². The molecule has 1 heteroatoms. The van der Waals surface area contributed by atoms with Crippen molar-refractivity contribution in [2.24, 2.45) is 0 Å². The fourth-order valence-electron chi connectivity index (χ4n) is 2.28. The highest BCUT2D eigenvalue weighted by Gasteiger charge is 2.14. The van der Waals surface area contributed by atoms with E-state index in [4.69, 9.17) is 0 Å². The Morgan fingerprint density at radius 1 is 0.850 bits per heavy atom. The summed E-state index contributed by atoms with van der Waals surface area (Å²) < 4.78 is 0. The molecule has 0 heterocycles. The summed E-state index contributed by atoms with van der Waals surface area (Å²) in [6, 6.07) is 20.9. The van der Waals surface area contributed by atoms with Crippen molar-refractivity contribution < 1.29 is 0 Å². The van der Waals surface area contributed by atoms with Crippen LogP contribution in [0.3, 0.4) is 0 Å². The van der Waals surface area contributed by atoms with E-state index in [0.717, 1.165) is 18.7 Å². The molecule has 0 bridgehead atoms. The Balaban J connectivity index is 2.31. The van der Waals surface area contributed by atoms with Crippen LogP contribution in [0.1, 0.15) is 31.0 Å². The van der Waals surface area contributed by atoms with Crippen molar-refractivity contribution in [1.29, 1.82) is 0 Å². The first-order chi connectivity index (χ1) is 9.85. The van der Waals surface area contributed by atoms with E-state index in [1.54, 1.807) is 0 Å². The maximum atomic E-state index is 3.43. The van der Waals surface area contributed by atoms with Crippen LogP contribution in [0.15, 0.2) is 60.7 Å². The highest BCUT2D eigenvalue weighted by atomic mass is 15.1. The lowest BCUT2D eigenvalue weighted by Crippen LogP contribution is -2.27. The monoisotopic (exact) mass is 263 g/mol. The van der Waals surface area contributed by atoms with Crippen LogP contribution in [0.2, 0.25) is 0 Å². The predicted octanol–water partition coefficient (Wildman–Crippen LogP) is 4.12. The van der Waals surface area contributed by atoms with Crippen molar-refractivity contribution in [3.63, 3.8) is 0 Å². The van der Waals surface area contributed by atoms with E-state index in [-0.39, 0.29) is 6.04 Å². The molecule has 0 amide bonds. The highest BCUT2D eigenvalue weighted by Crippen LogP contribution is 2.19. The minimum Gasteiger partial charge on any atom is -0.287 e. The van der Waals surface area contributed by atoms with Gasteiger partial charge >= 0.3 is 0 Å². The van der Waals surface area contributed by atoms with Gasteiger partial charge in [-0.25, -0.2) is 0 Å². The van der Waals surface area contributed by atoms with E-state index in [2.05, 4.69) is 67.0 Å². The van der Waals surface area contributed by atoms with E-state index in [0.29, 0.717) is 0 Å². The van der Waals surface area contributed by atoms with E-state index < -0.39 is 0 Å². The molecule has 0 aliphatic heterocycles. The van der Waals surface area contributed by atoms with E-state index in [1.165, 1.54) is 5.56 Å². The van der Waals surface area contributed by atoms with Crippen LogP contribution in [0, 0.1) is 11.8 Å². The first-order valence-electron chi connectivity index (χ1n) is 7.20. The molecule has 0 aliphatic carbocycles. The van der Waals surface area contributed by atoms with Gasteiger partial charge in [0.1, 0.15) is 0 Å². The fourth-order valence-corrected chi connectivity index (χ4v) is 2.28. The zero-order chi connectivity index (χ0) is 14.2. The molecule has 2 rings (SSSR count). The van der Waals surface area contributed by atoms with Crippen LogP contribution in [-0.2, 0) is 0 Å². The summed E-state index contributed by atoms with van der Waals surface area (Å²) in [5.41, 5.74) is 2.33. The molecule has 20 heavy (non-hydrogen) atoms. The molecule has 0 saturated heterocycles. The average molecular weight is 263 g/mol. The van der Waals surface area contributed by atoms with Gasteiger partial charge in [-0.1, -0.05) is 74.2 Å². The molecule has 1 nitrogen and oxygen atoms in total. The summed E-state index contributed by atoms with van der Waals surface area (Å²) in [5.74, 6) is 6.73. The summed E-state index contributed by atoms with van der Waals surface area (Å²) in [5, 5.41) is 0. The van der Waals surface area contributed by atoms with Gasteiger partial charge in [-0.3, -0.25) is 4.90 Å². The number of nitrogens with zero attached hydrogens (tertiary/aromatic N) is 1. The van der Waals surface area contributed by atoms with Crippen molar-refractivity contribution in [3.8, 4) is 11.8 Å². The van der Waals surface area contributed by atoms with Gasteiger partial charge < -0.3 is 0 Å². The van der Waals surface area contributed by atoms with Crippen LogP contribution < -0.4 is 0 Å². The summed E-state index contributed by atoms with van der Waals surface area (Å²) in [4.78, 5) is 2.38. The largest absolute Gasteiger partial charge is 0.287 e. The normalized spacial score (nSPS) is 11.8. The zero-order valence-corrected chi connectivity index (χ0v) is 12.2. The first-order valence-corrected chi connectivity index (χ1v) is 7.20. The van der Waals surface area contributed by atoms with Gasteiger partial charge in [-0.2, -0.15) is 0 Å². The summed E-state index contributed by atoms with van der Waals surface area (Å²) in [7, 11) is 0. The highest BCUT2D eigenvalue weighted by molar-refractivity contribution is 5.37. The van der Waals surface area contributed by atoms with Gasteiger partial charge in [0.15, 0.2) is 0 Å². The van der Waals surface area contributed by atoms with Gasteiger partial charge in [0.2, 0.25) is 0 Å². The van der Waals surface area contributed by atoms with Crippen LogP contribution in [0.4, 0.5) is 0 Å². The van der Waals surface area contributed by atoms with Crippen molar-refractivity contribution >= 4 is 0 Å². The quantitative estimate of drug-likeness (QED) is 0.750. The third kappa shape index (κ3) is 3.73. The second-order valence-electron chi connectivity index (χ2n) is 4.67. The molecule has 0 spiro atoms. The summed E-state index contributed by atoms with van der Waals surface area (Å²) in [6.07, 6.45) is 0. The smallest absolute Gasteiger partial charge is 0.0974 e. The minimum atomic E-state index is 0.159. The van der Waals surface area contributed by atoms with E-state index >= 15 is 0 Å². The molecule has 0 N–H and O–H groups in total. The van der Waals surface area contributed by atoms with Crippen LogP contribution in [0.25, 0.3) is 0 Å². The second-order valence-corrected chi connectivity index (χ2v) is 4.67. The summed E-state index contributed by atoms with van der Waals surface area (Å²) in [6.45, 7) is 6.37. The number of hydrogen-bond acceptors (Lipinski definition) is 1. The molecule has 102 valence electrons. The number of benzene rings is 2. The Morgan fingerprint density at radius 2 is 1.40 bits per heavy atom. The maximum Gasteiger partial charge on any atom is 0.0974 e. The van der Waals surface area contributed by atoms with Gasteiger partial charge in [-0.05, 0) is 30.8 Å². The lowest BCUT2D eigenvalue weighted by atomic mass is 10.0. The zero-order valence-electron chi connectivity index (χ0n) is 12.2. The van der Waals surface area contributed by atoms with Gasteiger partial charge in [-0.15, -0.1) is 0 Å². The Morgan fingerprint density at radius 3 is 1.95 bits per heavy atom. The maximum absolute atomic E-state index is 3.43. The SMILES string of the molecule is CCN(CC)C(C#Cc1ccccc1)c1ccccc1. The van der Waals surface area contributed by atoms with Gasteiger partial charge in [0.05, 0.1) is 6.04 Å². The number of rotatable bonds is 4. The molecule has 1 atom stereocenters. The van der Waals surface area contributed by atoms with Gasteiger partial charge in [0.25, 0.3) is 0 Å². The molecule has 1 unspecified atom stereocenters. The fraction of sp³-hybridized carbons (Fsp3) is 0.263. The molecule has 2 aromatic carbocycles. The van der Waals surface area contributed by atoms with Crippen molar-refractivity contribution in [3.05, 3.63) is 71.8 Å². The summed E-state index contributed by atoms with van der Waals surface area (Å²) >= 11 is 0. The lowest BCUT2D eigenvalue weighted by molar-refractivity contribution is 0.264. The third-order valence-electron chi connectivity index (χ3n) is 3.42. The van der Waals surface area contributed by atoms with Crippen LogP contribution >= 0.6 is 0 Å². The average Bonchev–Trinajstić information content (AvgIpc) is 2.53. The van der Waals surface area contributed by atoms with Crippen LogP contribution in [-0.4, -0.2) is 18.0 Å². The Hall–Kier alpha value is -2.04. The molecular formula is C19H21N. The second kappa shape index (κ2) is 7.53. The number of hydrogen-bond donors (Lipinski definition) is 0. The Kier molecular flexibility index (Phi) is 5.41. The van der Waals surface area contributed by atoms with E-state index in [9.17, 15) is 0 Å². The Bertz CT molecular complexity index is 559. The Labute approximate surface area is 122 Å². The van der Waals surface area contributed by atoms with Crippen molar-refractivity contribution in [1.82, 2.24) is 4.90 Å². The van der Waals surface area contributed by atoms with Crippen molar-refractivity contribution in [2.75, 3.05) is 13.1 Å². The van der Waals surface area contributed by atoms with Gasteiger partial charge in [0, 0.05) is 5.56 Å². The molecule has 0 aliphatic rings. The predicted molar refractivity (Wildman–Crippen MR) is 85.4 cm³/mol. The van der Waals surface area contributed by atoms with Crippen LogP contribution in [0.5, 0.6) is 0 Å². The molecule has 0 aromatic heterocycles. The topological polar surface area (TPSA) is 3.24 Å². The van der Waals surface area contributed by atoms with Crippen molar-refractivity contribution in [2.45, 2.75) is 19.9 Å². The molecule has 0 fully saturated rings. The molecule has 2 aromatic rings. The minimum absolute atomic E-state index is 0.159. The standard InChI is InChI=1S/C19H21N/c1-3-20(4-2)19(18-13-9-6-10-14-18)16-15-17-11-7-5-8-12-17/h5-14,19H,3-4H2,1-2H3. The third-order valence-corrected chi connectivity index (χ3v) is 3.42. The molecule has 0 saturated carbocycles. The lowest BCUT2D eigenvalue weighted by Gasteiger charge is -2.25. The molecule has 0 radical (unpaired) electrons. The first kappa shape index (κ1) is 14.4.